The molecule has 1 aliphatic carbocycles. The van der Waals surface area contributed by atoms with E-state index in [1.165, 1.54) is 6.33 Å². The Hall–Kier alpha value is -3.08. The van der Waals surface area contributed by atoms with Crippen LogP contribution in [-0.4, -0.2) is 77.0 Å². The summed E-state index contributed by atoms with van der Waals surface area (Å²) < 4.78 is 1.73. The van der Waals surface area contributed by atoms with Gasteiger partial charge < -0.3 is 30.1 Å². The maximum atomic E-state index is 12.5. The first-order valence-electron chi connectivity index (χ1n) is 10.8. The lowest BCUT2D eigenvalue weighted by molar-refractivity contribution is -0.128. The topological polar surface area (TPSA) is 137 Å². The van der Waals surface area contributed by atoms with E-state index in [0.717, 1.165) is 5.56 Å². The number of benzene rings is 1. The zero-order valence-corrected chi connectivity index (χ0v) is 17.4. The first kappa shape index (κ1) is 20.8. The van der Waals surface area contributed by atoms with Crippen molar-refractivity contribution in [1.29, 1.82) is 0 Å². The van der Waals surface area contributed by atoms with Crippen LogP contribution in [0.1, 0.15) is 24.4 Å². The van der Waals surface area contributed by atoms with Crippen LogP contribution in [0.4, 0.5) is 5.82 Å². The number of carbonyl (C=O) groups is 1. The highest BCUT2D eigenvalue weighted by atomic mass is 16.3. The number of aromatic nitrogens is 4. The lowest BCUT2D eigenvalue weighted by Gasteiger charge is -2.19. The van der Waals surface area contributed by atoms with Gasteiger partial charge in [-0.05, 0) is 12.0 Å². The van der Waals surface area contributed by atoms with Gasteiger partial charge in [0.25, 0.3) is 0 Å². The molecule has 0 radical (unpaired) electrons. The third kappa shape index (κ3) is 3.70. The molecule has 10 nitrogen and oxygen atoms in total. The Morgan fingerprint density at radius 2 is 1.91 bits per heavy atom. The van der Waals surface area contributed by atoms with Gasteiger partial charge >= 0.3 is 0 Å². The van der Waals surface area contributed by atoms with Crippen LogP contribution in [0.15, 0.2) is 43.0 Å². The van der Waals surface area contributed by atoms with Crippen molar-refractivity contribution in [2.24, 2.45) is 5.92 Å². The molecule has 1 aromatic carbocycles. The number of hydrogen-bond acceptors (Lipinski definition) is 8. The fourth-order valence-corrected chi connectivity index (χ4v) is 4.78. The van der Waals surface area contributed by atoms with Gasteiger partial charge in [0.05, 0.1) is 24.5 Å². The monoisotopic (exact) mass is 438 g/mol. The molecule has 5 atom stereocenters. The third-order valence-corrected chi connectivity index (χ3v) is 6.49. The Balaban J connectivity index is 1.33. The molecule has 1 saturated carbocycles. The SMILES string of the molecule is O=C1C[C@@H](Nc2ncnc3c2ncn3C2CC(CO)C(O)C2O)CN1Cc1ccccc1. The van der Waals surface area contributed by atoms with Crippen molar-refractivity contribution in [3.8, 4) is 0 Å². The van der Waals surface area contributed by atoms with Crippen molar-refractivity contribution in [2.75, 3.05) is 18.5 Å². The molecule has 0 bridgehead atoms. The summed E-state index contributed by atoms with van der Waals surface area (Å²) in [6.07, 6.45) is 1.76. The lowest BCUT2D eigenvalue weighted by Crippen LogP contribution is -2.30. The zero-order valence-electron chi connectivity index (χ0n) is 17.4. The molecule has 2 aliphatic rings. The van der Waals surface area contributed by atoms with Crippen LogP contribution in [0.2, 0.25) is 0 Å². The van der Waals surface area contributed by atoms with Crippen LogP contribution < -0.4 is 5.32 Å². The summed E-state index contributed by atoms with van der Waals surface area (Å²) in [5.74, 6) is 0.215. The number of likely N-dealkylation sites (tertiary alicyclic amines) is 1. The second-order valence-corrected chi connectivity index (χ2v) is 8.58. The summed E-state index contributed by atoms with van der Waals surface area (Å²) in [4.78, 5) is 27.4. The number of imidazole rings is 1. The molecule has 4 N–H and O–H groups in total. The van der Waals surface area contributed by atoms with Crippen molar-refractivity contribution in [3.05, 3.63) is 48.5 Å². The molecule has 32 heavy (non-hydrogen) atoms. The van der Waals surface area contributed by atoms with Crippen molar-refractivity contribution < 1.29 is 20.1 Å². The van der Waals surface area contributed by atoms with Gasteiger partial charge in [0, 0.05) is 32.0 Å². The summed E-state index contributed by atoms with van der Waals surface area (Å²) in [6, 6.07) is 9.34. The van der Waals surface area contributed by atoms with Gasteiger partial charge in [-0.3, -0.25) is 4.79 Å². The standard InChI is InChI=1S/C22H26N6O4/c29-10-14-6-16(20(32)19(14)31)28-12-25-18-21(23-11-24-22(18)28)26-15-7-17(30)27(9-15)8-13-4-2-1-3-5-13/h1-5,11-12,14-16,19-20,29,31-32H,6-10H2,(H,23,24,26)/t14?,15-,16?,19?,20?/m1/s1. The van der Waals surface area contributed by atoms with Crippen LogP contribution in [0.3, 0.4) is 0 Å². The highest BCUT2D eigenvalue weighted by Gasteiger charge is 2.42. The maximum absolute atomic E-state index is 12.5. The average molecular weight is 438 g/mol. The highest BCUT2D eigenvalue weighted by molar-refractivity contribution is 5.84. The molecule has 168 valence electrons. The molecule has 4 unspecified atom stereocenters. The second-order valence-electron chi connectivity index (χ2n) is 8.58. The minimum atomic E-state index is -1.02. The number of hydrogen-bond donors (Lipinski definition) is 4. The van der Waals surface area contributed by atoms with E-state index < -0.39 is 24.2 Å². The number of aliphatic hydroxyl groups excluding tert-OH is 3. The van der Waals surface area contributed by atoms with E-state index in [2.05, 4.69) is 20.3 Å². The van der Waals surface area contributed by atoms with Gasteiger partial charge in [-0.25, -0.2) is 15.0 Å². The van der Waals surface area contributed by atoms with Crippen molar-refractivity contribution >= 4 is 22.9 Å². The van der Waals surface area contributed by atoms with Crippen LogP contribution in [0.5, 0.6) is 0 Å². The van der Waals surface area contributed by atoms with Crippen molar-refractivity contribution in [3.63, 3.8) is 0 Å². The van der Waals surface area contributed by atoms with Crippen molar-refractivity contribution in [2.45, 2.75) is 43.7 Å². The van der Waals surface area contributed by atoms with Gasteiger partial charge in [0.15, 0.2) is 11.5 Å². The van der Waals surface area contributed by atoms with Gasteiger partial charge in [-0.1, -0.05) is 30.3 Å². The Morgan fingerprint density at radius 3 is 2.66 bits per heavy atom. The highest BCUT2D eigenvalue weighted by Crippen LogP contribution is 2.37. The predicted octanol–water partition coefficient (Wildman–Crippen LogP) is 0.314. The van der Waals surface area contributed by atoms with Crippen LogP contribution >= 0.6 is 0 Å². The van der Waals surface area contributed by atoms with Crippen molar-refractivity contribution in [1.82, 2.24) is 24.4 Å². The van der Waals surface area contributed by atoms with E-state index in [4.69, 9.17) is 0 Å². The van der Waals surface area contributed by atoms with Gasteiger partial charge in [0.2, 0.25) is 5.91 Å². The van der Waals surface area contributed by atoms with E-state index in [0.29, 0.717) is 42.9 Å². The average Bonchev–Trinajstić information content (AvgIpc) is 3.46. The fourth-order valence-electron chi connectivity index (χ4n) is 4.78. The molecular formula is C22H26N6O4. The smallest absolute Gasteiger partial charge is 0.225 e. The van der Waals surface area contributed by atoms with E-state index >= 15 is 0 Å². The number of rotatable bonds is 6. The van der Waals surface area contributed by atoms with Crippen LogP contribution in [-0.2, 0) is 11.3 Å². The Bertz CT molecular complexity index is 1110. The lowest BCUT2D eigenvalue weighted by atomic mass is 10.1. The summed E-state index contributed by atoms with van der Waals surface area (Å²) in [7, 11) is 0. The number of carbonyl (C=O) groups excluding carboxylic acids is 1. The number of anilines is 1. The number of amides is 1. The van der Waals surface area contributed by atoms with Gasteiger partial charge in [-0.15, -0.1) is 0 Å². The third-order valence-electron chi connectivity index (χ3n) is 6.49. The Kier molecular flexibility index (Phi) is 5.50. The van der Waals surface area contributed by atoms with E-state index in [1.807, 2.05) is 35.2 Å². The van der Waals surface area contributed by atoms with Gasteiger partial charge in [0.1, 0.15) is 17.9 Å². The molecule has 2 aromatic heterocycles. The molecule has 1 saturated heterocycles. The first-order valence-corrected chi connectivity index (χ1v) is 10.8. The molecule has 5 rings (SSSR count). The molecule has 2 fully saturated rings. The largest absolute Gasteiger partial charge is 0.396 e. The summed E-state index contributed by atoms with van der Waals surface area (Å²) in [5.41, 5.74) is 2.15. The molecule has 1 amide bonds. The van der Waals surface area contributed by atoms with E-state index in [-0.39, 0.29) is 18.6 Å². The minimum absolute atomic E-state index is 0.0836. The molecule has 10 heteroatoms. The normalized spacial score (nSPS) is 28.0. The predicted molar refractivity (Wildman–Crippen MR) is 115 cm³/mol. The fraction of sp³-hybridized carbons (Fsp3) is 0.455. The summed E-state index contributed by atoms with van der Waals surface area (Å²) in [5, 5.41) is 33.4. The quantitative estimate of drug-likeness (QED) is 0.432. The summed E-state index contributed by atoms with van der Waals surface area (Å²) >= 11 is 0. The number of fused-ring (bicyclic) bond motifs is 1. The number of nitrogens with zero attached hydrogens (tertiary/aromatic N) is 5. The Labute approximate surface area is 184 Å². The molecular weight excluding hydrogens is 412 g/mol. The van der Waals surface area contributed by atoms with Crippen LogP contribution in [0, 0.1) is 5.92 Å². The first-order chi connectivity index (χ1) is 15.5. The molecule has 3 heterocycles. The minimum Gasteiger partial charge on any atom is -0.396 e. The second kappa shape index (κ2) is 8.45. The molecule has 3 aromatic rings. The van der Waals surface area contributed by atoms with E-state index in [1.54, 1.807) is 10.9 Å². The maximum Gasteiger partial charge on any atom is 0.225 e. The van der Waals surface area contributed by atoms with E-state index in [9.17, 15) is 20.1 Å². The Morgan fingerprint density at radius 1 is 1.09 bits per heavy atom. The van der Waals surface area contributed by atoms with Gasteiger partial charge in [-0.2, -0.15) is 0 Å². The molecule has 0 spiro atoms. The number of nitrogens with one attached hydrogen (secondary N) is 1. The summed E-state index contributed by atoms with van der Waals surface area (Å²) in [6.45, 7) is 0.934. The zero-order chi connectivity index (χ0) is 22.2. The van der Waals surface area contributed by atoms with Crippen LogP contribution in [0.25, 0.3) is 11.2 Å². The number of aliphatic hydroxyl groups is 3. The molecule has 1 aliphatic heterocycles.